The third-order valence-electron chi connectivity index (χ3n) is 5.53. The number of amides is 1. The van der Waals surface area contributed by atoms with E-state index in [0.29, 0.717) is 11.8 Å². The van der Waals surface area contributed by atoms with Crippen molar-refractivity contribution in [3.8, 4) is 16.9 Å². The lowest BCUT2D eigenvalue weighted by Crippen LogP contribution is -2.55. The number of carbonyl (C=O) groups is 1. The number of likely N-dealkylation sites (N-methyl/N-ethyl adjacent to an activating group) is 1. The van der Waals surface area contributed by atoms with Crippen LogP contribution in [0.15, 0.2) is 54.7 Å². The van der Waals surface area contributed by atoms with Crippen LogP contribution in [0, 0.1) is 0 Å². The second-order valence-corrected chi connectivity index (χ2v) is 7.80. The Bertz CT molecular complexity index is 1020. The van der Waals surface area contributed by atoms with Gasteiger partial charge in [0.05, 0.1) is 6.04 Å². The number of piperazine rings is 1. The van der Waals surface area contributed by atoms with E-state index in [0.717, 1.165) is 47.3 Å². The van der Waals surface area contributed by atoms with Gasteiger partial charge in [-0.3, -0.25) is 9.69 Å². The SMILES string of the molecule is C[C@@H]1C(=O)N(C)CCN1CCOc1ccc(-c2ccc3cc(Cl)ncc3c2)cc1. The monoisotopic (exact) mass is 409 g/mol. The molecule has 0 spiro atoms. The topological polar surface area (TPSA) is 45.7 Å². The quantitative estimate of drug-likeness (QED) is 0.595. The molecule has 0 N–H and O–H groups in total. The molecule has 29 heavy (non-hydrogen) atoms. The van der Waals surface area contributed by atoms with E-state index in [1.165, 1.54) is 0 Å². The molecule has 0 radical (unpaired) electrons. The Balaban J connectivity index is 1.37. The van der Waals surface area contributed by atoms with Crippen LogP contribution in [0.1, 0.15) is 6.92 Å². The van der Waals surface area contributed by atoms with Crippen LogP contribution in [-0.4, -0.2) is 60.0 Å². The van der Waals surface area contributed by atoms with Crippen LogP contribution in [-0.2, 0) is 4.79 Å². The summed E-state index contributed by atoms with van der Waals surface area (Å²) in [6.07, 6.45) is 1.79. The molecular formula is C23H24ClN3O2. The molecule has 5 nitrogen and oxygen atoms in total. The zero-order valence-electron chi connectivity index (χ0n) is 16.6. The van der Waals surface area contributed by atoms with Gasteiger partial charge in [0.1, 0.15) is 17.5 Å². The number of hydrogen-bond donors (Lipinski definition) is 0. The van der Waals surface area contributed by atoms with Gasteiger partial charge in [-0.15, -0.1) is 0 Å². The van der Waals surface area contributed by atoms with Crippen LogP contribution in [0.3, 0.4) is 0 Å². The van der Waals surface area contributed by atoms with Crippen LogP contribution in [0.4, 0.5) is 0 Å². The van der Waals surface area contributed by atoms with Crippen LogP contribution < -0.4 is 4.74 Å². The molecule has 1 aliphatic heterocycles. The number of halogens is 1. The Labute approximate surface area is 175 Å². The fourth-order valence-electron chi connectivity index (χ4n) is 3.68. The third-order valence-corrected chi connectivity index (χ3v) is 5.73. The molecule has 0 bridgehead atoms. The Morgan fingerprint density at radius 2 is 1.83 bits per heavy atom. The van der Waals surface area contributed by atoms with E-state index in [4.69, 9.17) is 16.3 Å². The summed E-state index contributed by atoms with van der Waals surface area (Å²) in [7, 11) is 1.86. The normalized spacial score (nSPS) is 17.7. The number of hydrogen-bond acceptors (Lipinski definition) is 4. The first-order valence-electron chi connectivity index (χ1n) is 9.79. The van der Waals surface area contributed by atoms with Crippen molar-refractivity contribution in [1.29, 1.82) is 0 Å². The molecule has 1 saturated heterocycles. The van der Waals surface area contributed by atoms with E-state index >= 15 is 0 Å². The van der Waals surface area contributed by atoms with Gasteiger partial charge >= 0.3 is 0 Å². The summed E-state index contributed by atoms with van der Waals surface area (Å²) < 4.78 is 5.90. The summed E-state index contributed by atoms with van der Waals surface area (Å²) in [5.74, 6) is 1.00. The number of nitrogens with zero attached hydrogens (tertiary/aromatic N) is 3. The van der Waals surface area contributed by atoms with E-state index in [1.807, 2.05) is 32.2 Å². The summed E-state index contributed by atoms with van der Waals surface area (Å²) in [4.78, 5) is 20.2. The molecule has 1 fully saturated rings. The molecular weight excluding hydrogens is 386 g/mol. The molecule has 3 aromatic rings. The second kappa shape index (κ2) is 8.39. The van der Waals surface area contributed by atoms with Gasteiger partial charge in [-0.25, -0.2) is 4.98 Å². The van der Waals surface area contributed by atoms with Gasteiger partial charge in [0, 0.05) is 38.3 Å². The average Bonchev–Trinajstić information content (AvgIpc) is 2.74. The Morgan fingerprint density at radius 3 is 2.62 bits per heavy atom. The van der Waals surface area contributed by atoms with E-state index in [-0.39, 0.29) is 11.9 Å². The fourth-order valence-corrected chi connectivity index (χ4v) is 3.85. The molecule has 2 heterocycles. The molecule has 1 aromatic heterocycles. The first-order chi connectivity index (χ1) is 14.0. The molecule has 1 amide bonds. The maximum Gasteiger partial charge on any atom is 0.239 e. The molecule has 0 saturated carbocycles. The van der Waals surface area contributed by atoms with Gasteiger partial charge < -0.3 is 9.64 Å². The number of ether oxygens (including phenoxy) is 1. The maximum absolute atomic E-state index is 12.1. The number of benzene rings is 2. The summed E-state index contributed by atoms with van der Waals surface area (Å²) in [5.41, 5.74) is 2.24. The Morgan fingerprint density at radius 1 is 1.07 bits per heavy atom. The minimum absolute atomic E-state index is 0.0861. The highest BCUT2D eigenvalue weighted by atomic mass is 35.5. The van der Waals surface area contributed by atoms with Crippen molar-refractivity contribution in [3.05, 3.63) is 59.9 Å². The fraction of sp³-hybridized carbons (Fsp3) is 0.304. The number of aromatic nitrogens is 1. The lowest BCUT2D eigenvalue weighted by atomic mass is 10.0. The number of fused-ring (bicyclic) bond motifs is 1. The first kappa shape index (κ1) is 19.7. The van der Waals surface area contributed by atoms with Crippen LogP contribution in [0.5, 0.6) is 5.75 Å². The van der Waals surface area contributed by atoms with Gasteiger partial charge in [0.2, 0.25) is 5.91 Å². The van der Waals surface area contributed by atoms with Crippen molar-refractivity contribution in [2.45, 2.75) is 13.0 Å². The predicted molar refractivity (Wildman–Crippen MR) is 116 cm³/mol. The van der Waals surface area contributed by atoms with E-state index < -0.39 is 0 Å². The van der Waals surface area contributed by atoms with Crippen molar-refractivity contribution < 1.29 is 9.53 Å². The summed E-state index contributed by atoms with van der Waals surface area (Å²) >= 11 is 5.96. The first-order valence-corrected chi connectivity index (χ1v) is 10.2. The Kier molecular flexibility index (Phi) is 5.69. The van der Waals surface area contributed by atoms with Gasteiger partial charge in [0.15, 0.2) is 0 Å². The zero-order valence-corrected chi connectivity index (χ0v) is 17.4. The minimum Gasteiger partial charge on any atom is -0.492 e. The molecule has 4 rings (SSSR count). The second-order valence-electron chi connectivity index (χ2n) is 7.41. The van der Waals surface area contributed by atoms with E-state index in [9.17, 15) is 4.79 Å². The highest BCUT2D eigenvalue weighted by Crippen LogP contribution is 2.27. The molecule has 150 valence electrons. The van der Waals surface area contributed by atoms with E-state index in [1.54, 1.807) is 11.1 Å². The maximum atomic E-state index is 12.1. The standard InChI is InChI=1S/C23H24ClN3O2/c1-16-23(28)26(2)9-10-27(16)11-12-29-21-7-5-17(6-8-21)18-3-4-19-14-22(24)25-15-20(19)13-18/h3-8,13-16H,9-12H2,1-2H3/t16-/m1/s1. The molecule has 0 unspecified atom stereocenters. The lowest BCUT2D eigenvalue weighted by molar-refractivity contribution is -0.139. The van der Waals surface area contributed by atoms with Crippen molar-refractivity contribution in [1.82, 2.24) is 14.8 Å². The van der Waals surface area contributed by atoms with Crippen LogP contribution in [0.25, 0.3) is 21.9 Å². The molecule has 0 aliphatic carbocycles. The van der Waals surface area contributed by atoms with Crippen molar-refractivity contribution in [3.63, 3.8) is 0 Å². The van der Waals surface area contributed by atoms with Gasteiger partial charge in [-0.2, -0.15) is 0 Å². The number of carbonyl (C=O) groups excluding carboxylic acids is 1. The highest BCUT2D eigenvalue weighted by Gasteiger charge is 2.28. The molecule has 6 heteroatoms. The molecule has 1 aliphatic rings. The average molecular weight is 410 g/mol. The van der Waals surface area contributed by atoms with Crippen molar-refractivity contribution in [2.75, 3.05) is 33.3 Å². The van der Waals surface area contributed by atoms with Crippen LogP contribution in [0.2, 0.25) is 5.15 Å². The van der Waals surface area contributed by atoms with Crippen molar-refractivity contribution >= 4 is 28.3 Å². The van der Waals surface area contributed by atoms with Gasteiger partial charge in [0.25, 0.3) is 0 Å². The van der Waals surface area contributed by atoms with Crippen LogP contribution >= 0.6 is 11.6 Å². The smallest absolute Gasteiger partial charge is 0.239 e. The summed E-state index contributed by atoms with van der Waals surface area (Å²) in [6.45, 7) is 4.91. The molecule has 1 atom stereocenters. The minimum atomic E-state index is -0.0861. The number of rotatable bonds is 5. The third kappa shape index (κ3) is 4.36. The largest absolute Gasteiger partial charge is 0.492 e. The molecule has 2 aromatic carbocycles. The summed E-state index contributed by atoms with van der Waals surface area (Å²) in [5, 5.41) is 2.63. The van der Waals surface area contributed by atoms with Gasteiger partial charge in [-0.05, 0) is 47.7 Å². The number of pyridine rings is 1. The lowest BCUT2D eigenvalue weighted by Gasteiger charge is -2.37. The summed E-state index contributed by atoms with van der Waals surface area (Å²) in [6, 6.07) is 16.1. The highest BCUT2D eigenvalue weighted by molar-refractivity contribution is 6.30. The van der Waals surface area contributed by atoms with Gasteiger partial charge in [-0.1, -0.05) is 35.9 Å². The van der Waals surface area contributed by atoms with Crippen molar-refractivity contribution in [2.24, 2.45) is 0 Å². The predicted octanol–water partition coefficient (Wildman–Crippen LogP) is 4.10. The van der Waals surface area contributed by atoms with E-state index in [2.05, 4.69) is 40.2 Å². The zero-order chi connectivity index (χ0) is 20.4. The Hall–Kier alpha value is -2.63.